The minimum absolute atomic E-state index is 0.367. The molecule has 0 aromatic rings. The molecule has 0 saturated carbocycles. The number of aliphatic carboxylic acids is 3. The second-order valence-electron chi connectivity index (χ2n) is 4.97. The van der Waals surface area contributed by atoms with E-state index in [0.29, 0.717) is 6.61 Å². The Balaban J connectivity index is 0. The zero-order valence-electron chi connectivity index (χ0n) is 12.8. The van der Waals surface area contributed by atoms with E-state index in [0.717, 1.165) is 6.42 Å². The van der Waals surface area contributed by atoms with Crippen LogP contribution in [0.15, 0.2) is 0 Å². The summed E-state index contributed by atoms with van der Waals surface area (Å²) in [5.41, 5.74) is -2.74. The lowest BCUT2D eigenvalue weighted by Crippen LogP contribution is -2.42. The molecule has 8 nitrogen and oxygen atoms in total. The van der Waals surface area contributed by atoms with Crippen molar-refractivity contribution in [3.05, 3.63) is 0 Å². The maximum atomic E-state index is 10.3. The van der Waals surface area contributed by atoms with Crippen LogP contribution in [-0.2, 0) is 14.4 Å². The van der Waals surface area contributed by atoms with Crippen LogP contribution in [0.25, 0.3) is 0 Å². The highest BCUT2D eigenvalue weighted by Gasteiger charge is 2.40. The summed E-state index contributed by atoms with van der Waals surface area (Å²) in [7, 11) is 0. The van der Waals surface area contributed by atoms with E-state index in [2.05, 4.69) is 6.92 Å². The number of rotatable bonds is 11. The van der Waals surface area contributed by atoms with Crippen molar-refractivity contribution in [2.75, 3.05) is 6.61 Å². The molecule has 0 atom stereocenters. The van der Waals surface area contributed by atoms with Crippen LogP contribution >= 0.6 is 0 Å². The average molecular weight is 322 g/mol. The highest BCUT2D eigenvalue weighted by atomic mass is 16.4. The third-order valence-electron chi connectivity index (χ3n) is 2.80. The monoisotopic (exact) mass is 322 g/mol. The number of carbonyl (C=O) groups is 3. The maximum absolute atomic E-state index is 10.3. The Kier molecular flexibility index (Phi) is 13.4. The second kappa shape index (κ2) is 13.0. The van der Waals surface area contributed by atoms with Crippen molar-refractivity contribution < 1.29 is 39.9 Å². The van der Waals surface area contributed by atoms with Crippen molar-refractivity contribution in [3.8, 4) is 0 Å². The Morgan fingerprint density at radius 3 is 1.55 bits per heavy atom. The summed E-state index contributed by atoms with van der Waals surface area (Å²) < 4.78 is 0. The fraction of sp³-hybridized carbons (Fsp3) is 0.786. The van der Waals surface area contributed by atoms with E-state index >= 15 is 0 Å². The highest BCUT2D eigenvalue weighted by Crippen LogP contribution is 2.15. The molecule has 0 fully saturated rings. The summed E-state index contributed by atoms with van der Waals surface area (Å²) in [4.78, 5) is 30.5. The lowest BCUT2D eigenvalue weighted by Gasteiger charge is -2.18. The highest BCUT2D eigenvalue weighted by molar-refractivity contribution is 5.88. The lowest BCUT2D eigenvalue weighted by atomic mass is 9.96. The van der Waals surface area contributed by atoms with E-state index in [1.807, 2.05) is 0 Å². The fourth-order valence-electron chi connectivity index (χ4n) is 1.61. The van der Waals surface area contributed by atoms with E-state index in [1.165, 1.54) is 32.1 Å². The second-order valence-corrected chi connectivity index (χ2v) is 4.97. The third-order valence-corrected chi connectivity index (χ3v) is 2.80. The molecular formula is C14H26O8. The quantitative estimate of drug-likeness (QED) is 0.354. The van der Waals surface area contributed by atoms with Gasteiger partial charge in [-0.1, -0.05) is 39.0 Å². The average Bonchev–Trinajstić information content (AvgIpc) is 2.37. The molecule has 0 rings (SSSR count). The Morgan fingerprint density at radius 2 is 1.23 bits per heavy atom. The SMILES string of the molecule is CCCCCCCCO.O=C(O)CC(O)(CC(=O)O)C(=O)O. The standard InChI is InChI=1S/C8H18O.C6H8O7/c1-2-3-4-5-6-7-8-9;7-3(8)1-6(13,5(11)12)2-4(9)10/h9H,2-8H2,1H3;13H,1-2H2,(H,7,8)(H,9,10)(H,11,12). The molecule has 0 aliphatic carbocycles. The van der Waals surface area contributed by atoms with Crippen LogP contribution in [0, 0.1) is 0 Å². The van der Waals surface area contributed by atoms with Crippen LogP contribution in [0.4, 0.5) is 0 Å². The summed E-state index contributed by atoms with van der Waals surface area (Å²) in [6.07, 6.45) is 5.21. The van der Waals surface area contributed by atoms with Crippen molar-refractivity contribution >= 4 is 17.9 Å². The number of aliphatic hydroxyl groups excluding tert-OH is 1. The normalized spacial score (nSPS) is 10.5. The first-order valence-corrected chi connectivity index (χ1v) is 7.19. The van der Waals surface area contributed by atoms with E-state index in [-0.39, 0.29) is 0 Å². The van der Waals surface area contributed by atoms with Crippen LogP contribution in [0.5, 0.6) is 0 Å². The van der Waals surface area contributed by atoms with Crippen LogP contribution in [0.1, 0.15) is 58.3 Å². The predicted octanol–water partition coefficient (Wildman–Crippen LogP) is 1.09. The van der Waals surface area contributed by atoms with Gasteiger partial charge in [0.1, 0.15) is 0 Å². The van der Waals surface area contributed by atoms with Crippen molar-refractivity contribution in [3.63, 3.8) is 0 Å². The zero-order chi connectivity index (χ0) is 17.6. The fourth-order valence-corrected chi connectivity index (χ4v) is 1.61. The number of aliphatic hydroxyl groups is 2. The van der Waals surface area contributed by atoms with Gasteiger partial charge in [-0.2, -0.15) is 0 Å². The molecule has 0 aromatic carbocycles. The molecular weight excluding hydrogens is 296 g/mol. The summed E-state index contributed by atoms with van der Waals surface area (Å²) in [6, 6.07) is 0. The van der Waals surface area contributed by atoms with Gasteiger partial charge in [-0.25, -0.2) is 4.79 Å². The number of hydrogen-bond acceptors (Lipinski definition) is 5. The lowest BCUT2D eigenvalue weighted by molar-refractivity contribution is -0.170. The molecule has 0 amide bonds. The number of carboxylic acid groups (broad SMARTS) is 3. The van der Waals surface area contributed by atoms with E-state index in [4.69, 9.17) is 25.5 Å². The van der Waals surface area contributed by atoms with Crippen LogP contribution < -0.4 is 0 Å². The van der Waals surface area contributed by atoms with Gasteiger partial charge in [0.2, 0.25) is 0 Å². The smallest absolute Gasteiger partial charge is 0.336 e. The molecule has 0 unspecified atom stereocenters. The molecule has 130 valence electrons. The zero-order valence-corrected chi connectivity index (χ0v) is 12.8. The molecule has 22 heavy (non-hydrogen) atoms. The molecule has 0 aliphatic heterocycles. The van der Waals surface area contributed by atoms with E-state index < -0.39 is 36.4 Å². The maximum Gasteiger partial charge on any atom is 0.336 e. The molecule has 0 spiro atoms. The van der Waals surface area contributed by atoms with Crippen molar-refractivity contribution in [2.24, 2.45) is 0 Å². The van der Waals surface area contributed by atoms with Gasteiger partial charge in [-0.3, -0.25) is 9.59 Å². The first kappa shape index (κ1) is 22.6. The topological polar surface area (TPSA) is 152 Å². The van der Waals surface area contributed by atoms with Gasteiger partial charge in [0, 0.05) is 6.61 Å². The van der Waals surface area contributed by atoms with Gasteiger partial charge < -0.3 is 25.5 Å². The summed E-state index contributed by atoms with van der Waals surface area (Å²) in [5.74, 6) is -5.02. The molecule has 5 N–H and O–H groups in total. The van der Waals surface area contributed by atoms with Gasteiger partial charge >= 0.3 is 17.9 Å². The van der Waals surface area contributed by atoms with Crippen LogP contribution in [0.2, 0.25) is 0 Å². The summed E-state index contributed by atoms with van der Waals surface area (Å²) in [5, 5.41) is 42.2. The molecule has 0 radical (unpaired) electrons. The molecule has 8 heteroatoms. The van der Waals surface area contributed by atoms with Crippen molar-refractivity contribution in [2.45, 2.75) is 63.9 Å². The molecule has 0 aliphatic rings. The summed E-state index contributed by atoms with van der Waals surface area (Å²) in [6.45, 7) is 2.58. The third kappa shape index (κ3) is 13.3. The minimum atomic E-state index is -2.74. The number of hydrogen-bond donors (Lipinski definition) is 5. The van der Waals surface area contributed by atoms with E-state index in [1.54, 1.807) is 0 Å². The number of unbranched alkanes of at least 4 members (excludes halogenated alkanes) is 5. The van der Waals surface area contributed by atoms with Crippen LogP contribution in [-0.4, -0.2) is 55.6 Å². The molecule has 0 saturated heterocycles. The van der Waals surface area contributed by atoms with Gasteiger partial charge in [0.25, 0.3) is 0 Å². The van der Waals surface area contributed by atoms with Crippen molar-refractivity contribution in [1.82, 2.24) is 0 Å². The largest absolute Gasteiger partial charge is 0.481 e. The van der Waals surface area contributed by atoms with E-state index in [9.17, 15) is 14.4 Å². The molecule has 0 heterocycles. The van der Waals surface area contributed by atoms with Gasteiger partial charge in [-0.05, 0) is 6.42 Å². The minimum Gasteiger partial charge on any atom is -0.481 e. The van der Waals surface area contributed by atoms with Crippen LogP contribution in [0.3, 0.4) is 0 Å². The van der Waals surface area contributed by atoms with Gasteiger partial charge in [0.05, 0.1) is 12.8 Å². The predicted molar refractivity (Wildman–Crippen MR) is 77.6 cm³/mol. The van der Waals surface area contributed by atoms with Gasteiger partial charge in [0.15, 0.2) is 5.60 Å². The van der Waals surface area contributed by atoms with Gasteiger partial charge in [-0.15, -0.1) is 0 Å². The Hall–Kier alpha value is -1.67. The molecule has 0 bridgehead atoms. The Bertz CT molecular complexity index is 318. The summed E-state index contributed by atoms with van der Waals surface area (Å²) >= 11 is 0. The first-order chi connectivity index (χ1) is 10.2. The Labute approximate surface area is 129 Å². The van der Waals surface area contributed by atoms with Crippen molar-refractivity contribution in [1.29, 1.82) is 0 Å². The number of carboxylic acids is 3. The Morgan fingerprint density at radius 1 is 0.818 bits per heavy atom. The first-order valence-electron chi connectivity index (χ1n) is 7.19. The molecule has 0 aromatic heterocycles.